The lowest BCUT2D eigenvalue weighted by molar-refractivity contribution is -0.380. The van der Waals surface area contributed by atoms with Gasteiger partial charge in [0.25, 0.3) is 5.91 Å². The number of aromatic nitrogens is 4. The van der Waals surface area contributed by atoms with Crippen LogP contribution in [0.2, 0.25) is 5.02 Å². The maximum absolute atomic E-state index is 13.5. The van der Waals surface area contributed by atoms with Crippen LogP contribution in [0.25, 0.3) is 28.1 Å². The topological polar surface area (TPSA) is 116 Å². The fraction of sp³-hybridized carbons (Fsp3) is 0. The molecule has 0 radical (unpaired) electrons. The second kappa shape index (κ2) is 8.61. The average molecular weight is 495 g/mol. The van der Waals surface area contributed by atoms with Crippen LogP contribution in [-0.2, 0) is 0 Å². The van der Waals surface area contributed by atoms with Gasteiger partial charge in [0.1, 0.15) is 11.6 Å². The molecule has 3 heterocycles. The van der Waals surface area contributed by atoms with Crippen molar-refractivity contribution in [2.75, 3.05) is 5.32 Å². The minimum atomic E-state index is -0.567. The molecule has 2 aromatic carbocycles. The van der Waals surface area contributed by atoms with Crippen molar-refractivity contribution in [3.8, 4) is 17.1 Å². The first kappa shape index (κ1) is 21.6. The van der Waals surface area contributed by atoms with Crippen molar-refractivity contribution < 1.29 is 14.1 Å². The number of nitrogens with zero attached hydrogens (tertiary/aromatic N) is 5. The summed E-state index contributed by atoms with van der Waals surface area (Å²) >= 11 is 6.75. The van der Waals surface area contributed by atoms with Crippen molar-refractivity contribution in [3.63, 3.8) is 0 Å². The molecule has 34 heavy (non-hydrogen) atoms. The molecule has 0 bridgehead atoms. The number of nitro groups is 1. The molecule has 168 valence electrons. The van der Waals surface area contributed by atoms with Crippen molar-refractivity contribution in [2.24, 2.45) is 0 Å². The first-order chi connectivity index (χ1) is 16.4. The molecule has 5 rings (SSSR count). The highest BCUT2D eigenvalue weighted by Crippen LogP contribution is 2.29. The SMILES string of the molecule is O=C(Nc1nc(-c2ccc(F)cc2)nc2c1cnn2-c1ccc(Cl)cc1)c1ccc([N+](=O)[O-])s1. The van der Waals surface area contributed by atoms with E-state index in [4.69, 9.17) is 11.6 Å². The zero-order valence-electron chi connectivity index (χ0n) is 17.0. The monoisotopic (exact) mass is 494 g/mol. The van der Waals surface area contributed by atoms with E-state index in [1.807, 2.05) is 0 Å². The van der Waals surface area contributed by atoms with Gasteiger partial charge in [-0.2, -0.15) is 5.10 Å². The Hall–Kier alpha value is -4.22. The normalized spacial score (nSPS) is 11.0. The van der Waals surface area contributed by atoms with E-state index in [1.54, 1.807) is 28.9 Å². The molecular weight excluding hydrogens is 483 g/mol. The van der Waals surface area contributed by atoms with E-state index < -0.39 is 16.6 Å². The number of thiophene rings is 1. The fourth-order valence-corrected chi connectivity index (χ4v) is 4.06. The van der Waals surface area contributed by atoms with Gasteiger partial charge in [0.2, 0.25) is 0 Å². The van der Waals surface area contributed by atoms with Crippen LogP contribution < -0.4 is 5.32 Å². The summed E-state index contributed by atoms with van der Waals surface area (Å²) < 4.78 is 15.0. The molecule has 0 saturated heterocycles. The highest BCUT2D eigenvalue weighted by atomic mass is 35.5. The van der Waals surface area contributed by atoms with Crippen molar-refractivity contribution >= 4 is 50.7 Å². The number of fused-ring (bicyclic) bond motifs is 1. The van der Waals surface area contributed by atoms with E-state index in [1.165, 1.54) is 42.6 Å². The largest absolute Gasteiger partial charge is 0.324 e. The number of benzene rings is 2. The molecule has 0 spiro atoms. The van der Waals surface area contributed by atoms with Crippen molar-refractivity contribution in [2.45, 2.75) is 0 Å². The Bertz CT molecular complexity index is 1550. The van der Waals surface area contributed by atoms with Crippen LogP contribution in [0.5, 0.6) is 0 Å². The maximum Gasteiger partial charge on any atom is 0.324 e. The fourth-order valence-electron chi connectivity index (χ4n) is 3.22. The van der Waals surface area contributed by atoms with Gasteiger partial charge in [-0.1, -0.05) is 22.9 Å². The quantitative estimate of drug-likeness (QED) is 0.255. The van der Waals surface area contributed by atoms with E-state index in [-0.39, 0.29) is 21.5 Å². The molecule has 3 aromatic heterocycles. The Labute approximate surface area is 199 Å². The van der Waals surface area contributed by atoms with E-state index in [0.717, 1.165) is 11.3 Å². The number of nitrogens with one attached hydrogen (secondary N) is 1. The van der Waals surface area contributed by atoms with Crippen LogP contribution in [0, 0.1) is 15.9 Å². The summed E-state index contributed by atoms with van der Waals surface area (Å²) in [4.78, 5) is 32.4. The number of halogens is 2. The summed E-state index contributed by atoms with van der Waals surface area (Å²) in [6, 6.07) is 15.2. The lowest BCUT2D eigenvalue weighted by Gasteiger charge is -2.09. The summed E-state index contributed by atoms with van der Waals surface area (Å²) in [5.74, 6) is -0.590. The molecule has 5 aromatic rings. The smallest absolute Gasteiger partial charge is 0.305 e. The second-order valence-corrected chi connectivity index (χ2v) is 8.52. The van der Waals surface area contributed by atoms with Gasteiger partial charge in [0, 0.05) is 16.7 Å². The molecule has 1 amide bonds. The minimum absolute atomic E-state index is 0.145. The first-order valence-corrected chi connectivity index (χ1v) is 10.9. The van der Waals surface area contributed by atoms with Crippen LogP contribution in [0.4, 0.5) is 15.2 Å². The Balaban J connectivity index is 1.63. The summed E-state index contributed by atoms with van der Waals surface area (Å²) in [5.41, 5.74) is 1.59. The number of carbonyl (C=O) groups excluding carboxylic acids is 1. The van der Waals surface area contributed by atoms with Gasteiger partial charge in [-0.05, 0) is 54.6 Å². The van der Waals surface area contributed by atoms with Gasteiger partial charge < -0.3 is 5.32 Å². The number of hydrogen-bond donors (Lipinski definition) is 1. The predicted molar refractivity (Wildman–Crippen MR) is 126 cm³/mol. The van der Waals surface area contributed by atoms with E-state index in [2.05, 4.69) is 20.4 Å². The first-order valence-electron chi connectivity index (χ1n) is 9.72. The highest BCUT2D eigenvalue weighted by molar-refractivity contribution is 7.17. The van der Waals surface area contributed by atoms with Gasteiger partial charge in [-0.25, -0.2) is 19.0 Å². The van der Waals surface area contributed by atoms with Crippen LogP contribution in [0.1, 0.15) is 9.67 Å². The van der Waals surface area contributed by atoms with Gasteiger partial charge in [0.15, 0.2) is 11.5 Å². The second-order valence-electron chi connectivity index (χ2n) is 7.02. The zero-order chi connectivity index (χ0) is 23.8. The minimum Gasteiger partial charge on any atom is -0.305 e. The number of rotatable bonds is 5. The van der Waals surface area contributed by atoms with Crippen LogP contribution in [0.15, 0.2) is 66.9 Å². The molecule has 0 atom stereocenters. The van der Waals surface area contributed by atoms with Crippen LogP contribution >= 0.6 is 22.9 Å². The molecule has 0 saturated carbocycles. The number of hydrogen-bond acceptors (Lipinski definition) is 7. The third kappa shape index (κ3) is 4.09. The Morgan fingerprint density at radius 3 is 2.47 bits per heavy atom. The lowest BCUT2D eigenvalue weighted by Crippen LogP contribution is -2.12. The predicted octanol–water partition coefficient (Wildman–Crippen LogP) is 5.50. The molecule has 0 aliphatic heterocycles. The number of amides is 1. The number of carbonyl (C=O) groups is 1. The van der Waals surface area contributed by atoms with E-state index >= 15 is 0 Å². The van der Waals surface area contributed by atoms with Crippen molar-refractivity contribution in [1.29, 1.82) is 0 Å². The average Bonchev–Trinajstić information content (AvgIpc) is 3.48. The van der Waals surface area contributed by atoms with E-state index in [9.17, 15) is 19.3 Å². The molecule has 0 aliphatic carbocycles. The summed E-state index contributed by atoms with van der Waals surface area (Å²) in [6.07, 6.45) is 1.50. The van der Waals surface area contributed by atoms with Gasteiger partial charge >= 0.3 is 5.00 Å². The standard InChI is InChI=1S/C22H12ClFN6O3S/c23-13-3-7-15(8-4-13)29-21-16(11-25-29)20(26-19(27-21)12-1-5-14(24)6-2-12)28-22(31)17-9-10-18(34-17)30(32)33/h1-11H,(H,26,27,28,31). The summed E-state index contributed by atoms with van der Waals surface area (Å²) in [6.45, 7) is 0. The number of anilines is 1. The molecule has 0 fully saturated rings. The molecule has 12 heteroatoms. The lowest BCUT2D eigenvalue weighted by atomic mass is 10.2. The Kier molecular flexibility index (Phi) is 5.48. The molecule has 1 N–H and O–H groups in total. The third-order valence-electron chi connectivity index (χ3n) is 4.83. The summed E-state index contributed by atoms with van der Waals surface area (Å²) in [5, 5.41) is 18.9. The van der Waals surface area contributed by atoms with Gasteiger partial charge in [-0.3, -0.25) is 14.9 Å². The van der Waals surface area contributed by atoms with Gasteiger partial charge in [-0.15, -0.1) is 0 Å². The molecule has 0 aliphatic rings. The van der Waals surface area contributed by atoms with Gasteiger partial charge in [0.05, 0.1) is 27.1 Å². The summed E-state index contributed by atoms with van der Waals surface area (Å²) in [7, 11) is 0. The van der Waals surface area contributed by atoms with Crippen molar-refractivity contribution in [1.82, 2.24) is 19.7 Å². The highest BCUT2D eigenvalue weighted by Gasteiger charge is 2.20. The molecular formula is C22H12ClFN6O3S. The molecule has 9 nitrogen and oxygen atoms in total. The third-order valence-corrected chi connectivity index (χ3v) is 6.12. The Morgan fingerprint density at radius 1 is 1.06 bits per heavy atom. The van der Waals surface area contributed by atoms with Crippen LogP contribution in [-0.4, -0.2) is 30.6 Å². The molecule has 0 unspecified atom stereocenters. The van der Waals surface area contributed by atoms with Crippen LogP contribution in [0.3, 0.4) is 0 Å². The Morgan fingerprint density at radius 2 is 1.79 bits per heavy atom. The van der Waals surface area contributed by atoms with E-state index in [0.29, 0.717) is 27.3 Å². The van der Waals surface area contributed by atoms with Crippen molar-refractivity contribution in [3.05, 3.63) is 92.7 Å². The maximum atomic E-state index is 13.5. The zero-order valence-corrected chi connectivity index (χ0v) is 18.5.